The molecule has 2 aromatic carbocycles. The summed E-state index contributed by atoms with van der Waals surface area (Å²) in [5.74, 6) is 1.03. The Kier molecular flexibility index (Phi) is 5.81. The van der Waals surface area contributed by atoms with Crippen molar-refractivity contribution >= 4 is 34.7 Å². The van der Waals surface area contributed by atoms with Crippen LogP contribution in [-0.2, 0) is 4.79 Å². The SMILES string of the molecule is COc1cc(/C=N\N2C(=O)CSC2=Nc2ccc(C(C)C)cc2)ccc1O. The molecule has 0 unspecified atom stereocenters. The molecular formula is C20H21N3O3S. The molecule has 3 rings (SSSR count). The van der Waals surface area contributed by atoms with Gasteiger partial charge in [0, 0.05) is 0 Å². The molecule has 6 nitrogen and oxygen atoms in total. The number of hydrogen-bond donors (Lipinski definition) is 1. The first-order valence-electron chi connectivity index (χ1n) is 8.53. The maximum Gasteiger partial charge on any atom is 0.259 e. The van der Waals surface area contributed by atoms with Crippen LogP contribution >= 0.6 is 11.8 Å². The quantitative estimate of drug-likeness (QED) is 0.788. The third-order valence-electron chi connectivity index (χ3n) is 4.05. The molecule has 0 atom stereocenters. The van der Waals surface area contributed by atoms with E-state index in [1.165, 1.54) is 35.5 Å². The Morgan fingerprint density at radius 3 is 2.63 bits per heavy atom. The highest BCUT2D eigenvalue weighted by atomic mass is 32.2. The lowest BCUT2D eigenvalue weighted by Gasteiger charge is -2.10. The third kappa shape index (κ3) is 4.49. The van der Waals surface area contributed by atoms with Crippen molar-refractivity contribution in [1.82, 2.24) is 5.01 Å². The predicted octanol–water partition coefficient (Wildman–Crippen LogP) is 4.12. The van der Waals surface area contributed by atoms with Gasteiger partial charge in [-0.15, -0.1) is 0 Å². The Hall–Kier alpha value is -2.80. The lowest BCUT2D eigenvalue weighted by Crippen LogP contribution is -2.23. The second-order valence-corrected chi connectivity index (χ2v) is 7.25. The summed E-state index contributed by atoms with van der Waals surface area (Å²) in [6, 6.07) is 12.8. The largest absolute Gasteiger partial charge is 0.504 e. The summed E-state index contributed by atoms with van der Waals surface area (Å²) in [4.78, 5) is 16.7. The second-order valence-electron chi connectivity index (χ2n) is 6.31. The van der Waals surface area contributed by atoms with Crippen LogP contribution in [0, 0.1) is 0 Å². The van der Waals surface area contributed by atoms with Crippen LogP contribution in [0.2, 0.25) is 0 Å². The number of methoxy groups -OCH3 is 1. The highest BCUT2D eigenvalue weighted by molar-refractivity contribution is 8.15. The molecule has 1 aliphatic heterocycles. The van der Waals surface area contributed by atoms with E-state index >= 15 is 0 Å². The Morgan fingerprint density at radius 1 is 1.22 bits per heavy atom. The van der Waals surface area contributed by atoms with Gasteiger partial charge < -0.3 is 9.84 Å². The van der Waals surface area contributed by atoms with Crippen molar-refractivity contribution in [2.75, 3.05) is 12.9 Å². The van der Waals surface area contributed by atoms with Crippen molar-refractivity contribution in [3.8, 4) is 11.5 Å². The summed E-state index contributed by atoms with van der Waals surface area (Å²) < 4.78 is 5.09. The molecule has 0 bridgehead atoms. The maximum atomic E-state index is 12.2. The topological polar surface area (TPSA) is 74.5 Å². The molecule has 2 aromatic rings. The van der Waals surface area contributed by atoms with Crippen molar-refractivity contribution in [3.05, 3.63) is 53.6 Å². The van der Waals surface area contributed by atoms with Gasteiger partial charge in [0.05, 0.1) is 24.8 Å². The number of nitrogens with zero attached hydrogens (tertiary/aromatic N) is 3. The number of hydrazone groups is 1. The molecule has 0 aromatic heterocycles. The Balaban J connectivity index is 1.81. The fourth-order valence-corrected chi connectivity index (χ4v) is 3.31. The van der Waals surface area contributed by atoms with Crippen molar-refractivity contribution in [2.45, 2.75) is 19.8 Å². The summed E-state index contributed by atoms with van der Waals surface area (Å²) in [5.41, 5.74) is 2.73. The Morgan fingerprint density at radius 2 is 1.96 bits per heavy atom. The number of phenols is 1. The van der Waals surface area contributed by atoms with E-state index in [1.807, 2.05) is 24.3 Å². The summed E-state index contributed by atoms with van der Waals surface area (Å²) >= 11 is 1.36. The van der Waals surface area contributed by atoms with Gasteiger partial charge in [-0.05, 0) is 47.4 Å². The average molecular weight is 383 g/mol. The Labute approximate surface area is 162 Å². The molecule has 1 N–H and O–H groups in total. The molecule has 0 aliphatic carbocycles. The van der Waals surface area contributed by atoms with E-state index in [9.17, 15) is 9.90 Å². The van der Waals surface area contributed by atoms with Crippen LogP contribution in [0.25, 0.3) is 0 Å². The molecule has 1 aliphatic rings. The highest BCUT2D eigenvalue weighted by Crippen LogP contribution is 2.27. The monoisotopic (exact) mass is 383 g/mol. The van der Waals surface area contributed by atoms with Crippen molar-refractivity contribution < 1.29 is 14.6 Å². The van der Waals surface area contributed by atoms with Crippen LogP contribution in [0.15, 0.2) is 52.6 Å². The van der Waals surface area contributed by atoms with Gasteiger partial charge in [-0.3, -0.25) is 4.79 Å². The van der Waals surface area contributed by atoms with E-state index < -0.39 is 0 Å². The van der Waals surface area contributed by atoms with Gasteiger partial charge in [-0.1, -0.05) is 37.7 Å². The zero-order valence-electron chi connectivity index (χ0n) is 15.4. The molecule has 27 heavy (non-hydrogen) atoms. The normalized spacial score (nSPS) is 16.1. The molecule has 0 spiro atoms. The number of amides is 1. The number of hydrogen-bond acceptors (Lipinski definition) is 6. The van der Waals surface area contributed by atoms with Crippen molar-refractivity contribution in [1.29, 1.82) is 0 Å². The van der Waals surface area contributed by atoms with Gasteiger partial charge >= 0.3 is 0 Å². The fraction of sp³-hybridized carbons (Fsp3) is 0.250. The fourth-order valence-electron chi connectivity index (χ4n) is 2.49. The van der Waals surface area contributed by atoms with Crippen LogP contribution in [0.4, 0.5) is 5.69 Å². The van der Waals surface area contributed by atoms with Gasteiger partial charge in [0.25, 0.3) is 5.91 Å². The number of carbonyl (C=O) groups excluding carboxylic acids is 1. The lowest BCUT2D eigenvalue weighted by atomic mass is 10.0. The van der Waals surface area contributed by atoms with Gasteiger partial charge in [0.1, 0.15) is 0 Å². The number of aliphatic imine (C=N–C) groups is 1. The predicted molar refractivity (Wildman–Crippen MR) is 109 cm³/mol. The molecule has 1 saturated heterocycles. The minimum atomic E-state index is -0.125. The van der Waals surface area contributed by atoms with E-state index in [-0.39, 0.29) is 11.7 Å². The zero-order chi connectivity index (χ0) is 19.4. The van der Waals surface area contributed by atoms with Crippen LogP contribution in [0.3, 0.4) is 0 Å². The molecule has 0 radical (unpaired) electrons. The van der Waals surface area contributed by atoms with Crippen molar-refractivity contribution in [2.24, 2.45) is 10.1 Å². The number of rotatable bonds is 5. The molecule has 140 valence electrons. The first-order chi connectivity index (χ1) is 13.0. The minimum Gasteiger partial charge on any atom is -0.504 e. The Bertz CT molecular complexity index is 892. The van der Waals surface area contributed by atoms with Gasteiger partial charge in [0.2, 0.25) is 0 Å². The lowest BCUT2D eigenvalue weighted by molar-refractivity contribution is -0.124. The highest BCUT2D eigenvalue weighted by Gasteiger charge is 2.28. The van der Waals surface area contributed by atoms with Crippen molar-refractivity contribution in [3.63, 3.8) is 0 Å². The maximum absolute atomic E-state index is 12.2. The van der Waals surface area contributed by atoms with E-state index in [1.54, 1.807) is 18.3 Å². The van der Waals surface area contributed by atoms with Crippen LogP contribution < -0.4 is 4.74 Å². The van der Waals surface area contributed by atoms with E-state index in [2.05, 4.69) is 23.9 Å². The number of thioether (sulfide) groups is 1. The molecule has 0 saturated carbocycles. The third-order valence-corrected chi connectivity index (χ3v) is 4.97. The summed E-state index contributed by atoms with van der Waals surface area (Å²) in [5, 5.41) is 15.8. The first-order valence-corrected chi connectivity index (χ1v) is 9.52. The molecule has 1 heterocycles. The number of amidine groups is 1. The standard InChI is InChI=1S/C20H21N3O3S/c1-13(2)15-5-7-16(8-6-15)22-20-23(19(25)12-27-20)21-11-14-4-9-17(24)18(10-14)26-3/h4-11,13,24H,12H2,1-3H3/b21-11-,22-20?. The van der Waals surface area contributed by atoms with E-state index in [4.69, 9.17) is 4.74 Å². The van der Waals surface area contributed by atoms with Gasteiger partial charge in [-0.2, -0.15) is 10.1 Å². The number of ether oxygens (including phenoxy) is 1. The average Bonchev–Trinajstić information content (AvgIpc) is 3.01. The number of aromatic hydroxyl groups is 1. The van der Waals surface area contributed by atoms with Crippen LogP contribution in [0.1, 0.15) is 30.9 Å². The number of phenolic OH excluding ortho intramolecular Hbond substituents is 1. The second kappa shape index (κ2) is 8.26. The van der Waals surface area contributed by atoms with E-state index in [0.717, 1.165) is 5.69 Å². The molecular weight excluding hydrogens is 362 g/mol. The zero-order valence-corrected chi connectivity index (χ0v) is 16.2. The smallest absolute Gasteiger partial charge is 0.259 e. The first kappa shape index (κ1) is 19.0. The van der Waals surface area contributed by atoms with Crippen LogP contribution in [0.5, 0.6) is 11.5 Å². The number of carbonyl (C=O) groups is 1. The van der Waals surface area contributed by atoms with Gasteiger partial charge in [-0.25, -0.2) is 4.99 Å². The summed E-state index contributed by atoms with van der Waals surface area (Å²) in [6.07, 6.45) is 1.54. The summed E-state index contributed by atoms with van der Waals surface area (Å²) in [6.45, 7) is 4.28. The molecule has 1 amide bonds. The van der Waals surface area contributed by atoms with Gasteiger partial charge in [0.15, 0.2) is 16.7 Å². The number of benzene rings is 2. The molecule has 7 heteroatoms. The summed E-state index contributed by atoms with van der Waals surface area (Å²) in [7, 11) is 1.48. The van der Waals surface area contributed by atoms with E-state index in [0.29, 0.717) is 28.2 Å². The molecule has 1 fully saturated rings. The van der Waals surface area contributed by atoms with Crippen LogP contribution in [-0.4, -0.2) is 40.3 Å². The minimum absolute atomic E-state index is 0.0505.